The van der Waals surface area contributed by atoms with Gasteiger partial charge in [-0.3, -0.25) is 4.68 Å². The molecule has 5 nitrogen and oxygen atoms in total. The Hall–Kier alpha value is -1.72. The Labute approximate surface area is 119 Å². The molecule has 1 aromatic heterocycles. The summed E-state index contributed by atoms with van der Waals surface area (Å²) < 4.78 is 7.49. The number of hydrogen-bond donors (Lipinski definition) is 1. The van der Waals surface area contributed by atoms with Crippen molar-refractivity contribution < 1.29 is 9.84 Å². The van der Waals surface area contributed by atoms with Crippen LogP contribution in [0.2, 0.25) is 0 Å². The van der Waals surface area contributed by atoms with Crippen molar-refractivity contribution in [1.82, 2.24) is 14.8 Å². The maximum absolute atomic E-state index is 10.5. The van der Waals surface area contributed by atoms with E-state index >= 15 is 0 Å². The fraction of sp³-hybridized carbons (Fsp3) is 0.467. The van der Waals surface area contributed by atoms with Crippen molar-refractivity contribution in [1.29, 1.82) is 0 Å². The molecular formula is C15H21N3O2. The summed E-state index contributed by atoms with van der Waals surface area (Å²) in [5, 5.41) is 14.6. The van der Waals surface area contributed by atoms with Gasteiger partial charge in [0.05, 0.1) is 6.10 Å². The van der Waals surface area contributed by atoms with Crippen LogP contribution < -0.4 is 0 Å². The molecule has 0 fully saturated rings. The molecule has 2 rings (SSSR count). The van der Waals surface area contributed by atoms with Crippen molar-refractivity contribution >= 4 is 0 Å². The Morgan fingerprint density at radius 1 is 1.25 bits per heavy atom. The van der Waals surface area contributed by atoms with Gasteiger partial charge in [-0.05, 0) is 19.4 Å². The molecule has 0 saturated carbocycles. The van der Waals surface area contributed by atoms with Gasteiger partial charge in [0.2, 0.25) is 0 Å². The molecule has 1 N–H and O–H groups in total. The molecule has 0 spiro atoms. The Bertz CT molecular complexity index is 513. The Morgan fingerprint density at radius 2 is 2.00 bits per heavy atom. The molecule has 0 amide bonds. The van der Waals surface area contributed by atoms with Crippen molar-refractivity contribution in [3.05, 3.63) is 48.0 Å². The van der Waals surface area contributed by atoms with Crippen molar-refractivity contribution in [2.24, 2.45) is 0 Å². The lowest BCUT2D eigenvalue weighted by Crippen LogP contribution is -2.25. The lowest BCUT2D eigenvalue weighted by Gasteiger charge is -2.23. The molecule has 1 aromatic carbocycles. The van der Waals surface area contributed by atoms with E-state index in [-0.39, 0.29) is 6.10 Å². The van der Waals surface area contributed by atoms with E-state index < -0.39 is 6.10 Å². The average Bonchev–Trinajstić information content (AvgIpc) is 2.92. The van der Waals surface area contributed by atoms with Crippen LogP contribution in [0.3, 0.4) is 0 Å². The normalized spacial score (nSPS) is 14.2. The van der Waals surface area contributed by atoms with E-state index in [1.54, 1.807) is 4.68 Å². The minimum atomic E-state index is -0.646. The van der Waals surface area contributed by atoms with Gasteiger partial charge in [-0.25, -0.2) is 4.98 Å². The van der Waals surface area contributed by atoms with E-state index in [2.05, 4.69) is 10.1 Å². The van der Waals surface area contributed by atoms with Gasteiger partial charge in [-0.15, -0.1) is 0 Å². The highest BCUT2D eigenvalue weighted by Gasteiger charge is 2.23. The van der Waals surface area contributed by atoms with Crippen molar-refractivity contribution in [3.8, 4) is 0 Å². The monoisotopic (exact) mass is 275 g/mol. The number of benzene rings is 1. The molecule has 0 aliphatic rings. The summed E-state index contributed by atoms with van der Waals surface area (Å²) in [6.07, 6.45) is 0.951. The first kappa shape index (κ1) is 14.7. The van der Waals surface area contributed by atoms with Gasteiger partial charge >= 0.3 is 0 Å². The first-order chi connectivity index (χ1) is 9.76. The van der Waals surface area contributed by atoms with Gasteiger partial charge in [-0.1, -0.05) is 30.3 Å². The van der Waals surface area contributed by atoms with Crippen LogP contribution in [-0.4, -0.2) is 32.6 Å². The zero-order valence-corrected chi connectivity index (χ0v) is 11.9. The molecule has 2 unspecified atom stereocenters. The van der Waals surface area contributed by atoms with E-state index in [4.69, 9.17) is 4.74 Å². The summed E-state index contributed by atoms with van der Waals surface area (Å²) in [5.41, 5.74) is 0.976. The van der Waals surface area contributed by atoms with Crippen molar-refractivity contribution in [2.75, 3.05) is 6.61 Å². The van der Waals surface area contributed by atoms with Gasteiger partial charge in [0, 0.05) is 19.6 Å². The average molecular weight is 275 g/mol. The number of aliphatic hydroxyl groups is 1. The predicted octanol–water partition coefficient (Wildman–Crippen LogP) is 1.98. The lowest BCUT2D eigenvalue weighted by molar-refractivity contribution is -0.0351. The van der Waals surface area contributed by atoms with Gasteiger partial charge in [0.15, 0.2) is 0 Å². The molecule has 0 saturated heterocycles. The third-order valence-electron chi connectivity index (χ3n) is 3.21. The largest absolute Gasteiger partial charge is 0.390 e. The number of aryl methyl sites for hydroxylation is 1. The molecule has 2 atom stereocenters. The van der Waals surface area contributed by atoms with Gasteiger partial charge in [-0.2, -0.15) is 5.10 Å². The van der Waals surface area contributed by atoms with Crippen LogP contribution in [-0.2, 0) is 17.7 Å². The van der Waals surface area contributed by atoms with Crippen LogP contribution in [0.1, 0.15) is 31.3 Å². The summed E-state index contributed by atoms with van der Waals surface area (Å²) in [5.74, 6) is 0.778. The number of aliphatic hydroxyl groups excluding tert-OH is 1. The van der Waals surface area contributed by atoms with Gasteiger partial charge < -0.3 is 9.84 Å². The number of hydrogen-bond acceptors (Lipinski definition) is 4. The fourth-order valence-electron chi connectivity index (χ4n) is 2.26. The minimum Gasteiger partial charge on any atom is -0.390 e. The van der Waals surface area contributed by atoms with Gasteiger partial charge in [0.25, 0.3) is 0 Å². The first-order valence-electron chi connectivity index (χ1n) is 6.97. The predicted molar refractivity (Wildman–Crippen MR) is 76.2 cm³/mol. The molecule has 0 radical (unpaired) electrons. The molecule has 0 aliphatic carbocycles. The summed E-state index contributed by atoms with van der Waals surface area (Å²) >= 11 is 0. The second-order valence-corrected chi connectivity index (χ2v) is 4.55. The third kappa shape index (κ3) is 3.43. The smallest absolute Gasteiger partial charge is 0.138 e. The number of nitrogens with zero attached hydrogens (tertiary/aromatic N) is 3. The highest BCUT2D eigenvalue weighted by molar-refractivity contribution is 5.19. The van der Waals surface area contributed by atoms with E-state index in [9.17, 15) is 5.11 Å². The summed E-state index contributed by atoms with van der Waals surface area (Å²) in [7, 11) is 0. The summed E-state index contributed by atoms with van der Waals surface area (Å²) in [6.45, 7) is 5.22. The van der Waals surface area contributed by atoms with E-state index in [0.717, 1.165) is 17.9 Å². The highest BCUT2D eigenvalue weighted by Crippen LogP contribution is 2.23. The van der Waals surface area contributed by atoms with Gasteiger partial charge in [0.1, 0.15) is 18.3 Å². The van der Waals surface area contributed by atoms with E-state index in [1.165, 1.54) is 6.33 Å². The topological polar surface area (TPSA) is 60.2 Å². The van der Waals surface area contributed by atoms with E-state index in [1.807, 2.05) is 44.2 Å². The van der Waals surface area contributed by atoms with Crippen LogP contribution in [0.15, 0.2) is 36.7 Å². The Morgan fingerprint density at radius 3 is 2.65 bits per heavy atom. The second-order valence-electron chi connectivity index (χ2n) is 4.55. The maximum atomic E-state index is 10.5. The quantitative estimate of drug-likeness (QED) is 0.839. The molecular weight excluding hydrogens is 254 g/mol. The zero-order valence-electron chi connectivity index (χ0n) is 11.9. The van der Waals surface area contributed by atoms with Crippen LogP contribution in [0.4, 0.5) is 0 Å². The Balaban J connectivity index is 2.13. The lowest BCUT2D eigenvalue weighted by atomic mass is 10.0. The fourth-order valence-corrected chi connectivity index (χ4v) is 2.26. The SMILES string of the molecule is CCOC(c1ccccc1)C(O)Cc1ncnn1CC. The second kappa shape index (κ2) is 7.17. The number of rotatable bonds is 7. The van der Waals surface area contributed by atoms with Crippen LogP contribution in [0.5, 0.6) is 0 Å². The maximum Gasteiger partial charge on any atom is 0.138 e. The highest BCUT2D eigenvalue weighted by atomic mass is 16.5. The van der Waals surface area contributed by atoms with Crippen molar-refractivity contribution in [2.45, 2.75) is 39.0 Å². The first-order valence-corrected chi connectivity index (χ1v) is 6.97. The third-order valence-corrected chi connectivity index (χ3v) is 3.21. The molecule has 2 aromatic rings. The molecule has 0 aliphatic heterocycles. The number of ether oxygens (including phenoxy) is 1. The summed E-state index contributed by atoms with van der Waals surface area (Å²) in [4.78, 5) is 4.20. The molecule has 108 valence electrons. The van der Waals surface area contributed by atoms with Crippen molar-refractivity contribution in [3.63, 3.8) is 0 Å². The molecule has 0 bridgehead atoms. The summed E-state index contributed by atoms with van der Waals surface area (Å²) in [6, 6.07) is 9.78. The molecule has 20 heavy (non-hydrogen) atoms. The van der Waals surface area contributed by atoms with E-state index in [0.29, 0.717) is 13.0 Å². The van der Waals surface area contributed by atoms with Crippen LogP contribution in [0, 0.1) is 0 Å². The van der Waals surface area contributed by atoms with Crippen LogP contribution >= 0.6 is 0 Å². The van der Waals surface area contributed by atoms with Crippen LogP contribution in [0.25, 0.3) is 0 Å². The standard InChI is InChI=1S/C15H21N3O2/c1-3-18-14(16-11-17-18)10-13(19)15(20-4-2)12-8-6-5-7-9-12/h5-9,11,13,15,19H,3-4,10H2,1-2H3. The Kier molecular flexibility index (Phi) is 5.26. The molecule has 1 heterocycles. The molecule has 5 heteroatoms. The zero-order chi connectivity index (χ0) is 14.4. The number of aromatic nitrogens is 3. The minimum absolute atomic E-state index is 0.344.